The number of aromatic nitrogens is 1. The summed E-state index contributed by atoms with van der Waals surface area (Å²) in [6, 6.07) is 0. The van der Waals surface area contributed by atoms with Crippen molar-refractivity contribution in [2.24, 2.45) is 0 Å². The molecular weight excluding hydrogens is 250 g/mol. The maximum Gasteiger partial charge on any atom is 0.311 e. The lowest BCUT2D eigenvalue weighted by Gasteiger charge is -2.24. The highest BCUT2D eigenvalue weighted by atomic mass is 32.1. The van der Waals surface area contributed by atoms with Crippen molar-refractivity contribution in [3.05, 3.63) is 16.1 Å². The molecule has 1 aliphatic carbocycles. The second-order valence-electron chi connectivity index (χ2n) is 4.53. The standard InChI is InChI=1S/C13H19NO3S/c1-3-17-11(15)8-10-9-18-12(14-10)13(16-2)6-4-5-7-13/h9H,3-8H2,1-2H3. The number of esters is 1. The van der Waals surface area contributed by atoms with Gasteiger partial charge >= 0.3 is 5.97 Å². The van der Waals surface area contributed by atoms with Gasteiger partial charge < -0.3 is 9.47 Å². The first kappa shape index (κ1) is 13.5. The number of methoxy groups -OCH3 is 1. The summed E-state index contributed by atoms with van der Waals surface area (Å²) in [7, 11) is 1.75. The quantitative estimate of drug-likeness (QED) is 0.771. The summed E-state index contributed by atoms with van der Waals surface area (Å²) in [5, 5.41) is 2.94. The molecule has 5 heteroatoms. The van der Waals surface area contributed by atoms with Gasteiger partial charge in [-0.15, -0.1) is 11.3 Å². The molecule has 1 aliphatic rings. The van der Waals surface area contributed by atoms with Crippen molar-refractivity contribution in [2.45, 2.75) is 44.6 Å². The highest BCUT2D eigenvalue weighted by molar-refractivity contribution is 7.09. The van der Waals surface area contributed by atoms with Gasteiger partial charge in [0.2, 0.25) is 0 Å². The molecule has 1 fully saturated rings. The Labute approximate surface area is 111 Å². The third kappa shape index (κ3) is 2.72. The molecule has 0 amide bonds. The van der Waals surface area contributed by atoms with Crippen molar-refractivity contribution in [1.29, 1.82) is 0 Å². The Balaban J connectivity index is 2.07. The summed E-state index contributed by atoms with van der Waals surface area (Å²) in [5.41, 5.74) is 0.578. The van der Waals surface area contributed by atoms with Gasteiger partial charge in [0.1, 0.15) is 10.6 Å². The average Bonchev–Trinajstić information content (AvgIpc) is 2.98. The van der Waals surface area contributed by atoms with Crippen molar-refractivity contribution in [1.82, 2.24) is 4.98 Å². The summed E-state index contributed by atoms with van der Waals surface area (Å²) < 4.78 is 10.6. The Morgan fingerprint density at radius 1 is 1.50 bits per heavy atom. The number of ether oxygens (including phenoxy) is 2. The van der Waals surface area contributed by atoms with Gasteiger partial charge in [0.05, 0.1) is 18.7 Å². The number of rotatable bonds is 5. The lowest BCUT2D eigenvalue weighted by molar-refractivity contribution is -0.142. The van der Waals surface area contributed by atoms with Crippen LogP contribution in [0.25, 0.3) is 0 Å². The maximum absolute atomic E-state index is 11.4. The van der Waals surface area contributed by atoms with Gasteiger partial charge in [-0.25, -0.2) is 4.98 Å². The number of thiazole rings is 1. The van der Waals surface area contributed by atoms with Gasteiger partial charge in [-0.3, -0.25) is 4.79 Å². The predicted octanol–water partition coefficient (Wildman–Crippen LogP) is 2.66. The van der Waals surface area contributed by atoms with E-state index in [1.807, 2.05) is 12.3 Å². The molecule has 18 heavy (non-hydrogen) atoms. The van der Waals surface area contributed by atoms with Crippen LogP contribution in [0.4, 0.5) is 0 Å². The van der Waals surface area contributed by atoms with E-state index in [1.54, 1.807) is 18.4 Å². The zero-order valence-electron chi connectivity index (χ0n) is 10.9. The molecular formula is C13H19NO3S. The SMILES string of the molecule is CCOC(=O)Cc1csc(C2(OC)CCCC2)n1. The molecule has 4 nitrogen and oxygen atoms in total. The third-order valence-corrected chi connectivity index (χ3v) is 4.45. The average molecular weight is 269 g/mol. The Hall–Kier alpha value is -0.940. The Bertz CT molecular complexity index is 410. The molecule has 1 aromatic rings. The van der Waals surface area contributed by atoms with Crippen LogP contribution in [0.3, 0.4) is 0 Å². The van der Waals surface area contributed by atoms with Crippen LogP contribution in [-0.2, 0) is 26.3 Å². The fraction of sp³-hybridized carbons (Fsp3) is 0.692. The van der Waals surface area contributed by atoms with Crippen molar-refractivity contribution < 1.29 is 14.3 Å². The van der Waals surface area contributed by atoms with E-state index in [2.05, 4.69) is 4.98 Å². The van der Waals surface area contributed by atoms with Gasteiger partial charge in [0.15, 0.2) is 0 Å². The monoisotopic (exact) mass is 269 g/mol. The first-order valence-electron chi connectivity index (χ1n) is 6.36. The summed E-state index contributed by atoms with van der Waals surface area (Å²) >= 11 is 1.59. The van der Waals surface area contributed by atoms with E-state index in [-0.39, 0.29) is 18.0 Å². The van der Waals surface area contributed by atoms with Crippen LogP contribution in [0.1, 0.15) is 43.3 Å². The summed E-state index contributed by atoms with van der Waals surface area (Å²) in [5.74, 6) is -0.216. The predicted molar refractivity (Wildman–Crippen MR) is 69.6 cm³/mol. The van der Waals surface area contributed by atoms with Crippen molar-refractivity contribution >= 4 is 17.3 Å². The summed E-state index contributed by atoms with van der Waals surface area (Å²) in [4.78, 5) is 16.0. The van der Waals surface area contributed by atoms with E-state index >= 15 is 0 Å². The van der Waals surface area contributed by atoms with Gasteiger partial charge in [0.25, 0.3) is 0 Å². The van der Waals surface area contributed by atoms with E-state index in [9.17, 15) is 4.79 Å². The Morgan fingerprint density at radius 3 is 2.83 bits per heavy atom. The number of carbonyl (C=O) groups is 1. The van der Waals surface area contributed by atoms with Crippen molar-refractivity contribution in [3.8, 4) is 0 Å². The number of hydrogen-bond acceptors (Lipinski definition) is 5. The molecule has 0 N–H and O–H groups in total. The van der Waals surface area contributed by atoms with Crippen molar-refractivity contribution in [3.63, 3.8) is 0 Å². The summed E-state index contributed by atoms with van der Waals surface area (Å²) in [6.07, 6.45) is 4.66. The zero-order valence-corrected chi connectivity index (χ0v) is 11.7. The minimum Gasteiger partial charge on any atom is -0.466 e. The second kappa shape index (κ2) is 5.80. The largest absolute Gasteiger partial charge is 0.466 e. The molecule has 1 saturated carbocycles. The number of nitrogens with zero attached hydrogens (tertiary/aromatic N) is 1. The van der Waals surface area contributed by atoms with Crippen molar-refractivity contribution in [2.75, 3.05) is 13.7 Å². The molecule has 0 unspecified atom stereocenters. The smallest absolute Gasteiger partial charge is 0.311 e. The fourth-order valence-electron chi connectivity index (χ4n) is 2.41. The fourth-order valence-corrected chi connectivity index (χ4v) is 3.46. The molecule has 1 aromatic heterocycles. The van der Waals surface area contributed by atoms with Crippen LogP contribution >= 0.6 is 11.3 Å². The lowest BCUT2D eigenvalue weighted by atomic mass is 10.0. The topological polar surface area (TPSA) is 48.4 Å². The third-order valence-electron chi connectivity index (χ3n) is 3.37. The van der Waals surface area contributed by atoms with E-state index in [0.717, 1.165) is 23.5 Å². The highest BCUT2D eigenvalue weighted by Gasteiger charge is 2.38. The van der Waals surface area contributed by atoms with E-state index in [4.69, 9.17) is 9.47 Å². The molecule has 100 valence electrons. The van der Waals surface area contributed by atoms with E-state index in [0.29, 0.717) is 6.61 Å². The number of hydrogen-bond donors (Lipinski definition) is 0. The van der Waals surface area contributed by atoms with Crippen LogP contribution in [0.15, 0.2) is 5.38 Å². The zero-order chi connectivity index (χ0) is 13.0. The summed E-state index contributed by atoms with van der Waals surface area (Å²) in [6.45, 7) is 2.22. The van der Waals surface area contributed by atoms with Gasteiger partial charge in [-0.2, -0.15) is 0 Å². The molecule has 0 aliphatic heterocycles. The Kier molecular flexibility index (Phi) is 4.35. The van der Waals surface area contributed by atoms with E-state index in [1.165, 1.54) is 12.8 Å². The first-order chi connectivity index (χ1) is 8.70. The highest BCUT2D eigenvalue weighted by Crippen LogP contribution is 2.42. The molecule has 1 heterocycles. The second-order valence-corrected chi connectivity index (χ2v) is 5.39. The lowest BCUT2D eigenvalue weighted by Crippen LogP contribution is -2.24. The minimum absolute atomic E-state index is 0.211. The van der Waals surface area contributed by atoms with Crippen LogP contribution in [-0.4, -0.2) is 24.7 Å². The van der Waals surface area contributed by atoms with Crippen LogP contribution < -0.4 is 0 Å². The molecule has 2 rings (SSSR count). The van der Waals surface area contributed by atoms with E-state index < -0.39 is 0 Å². The molecule has 0 bridgehead atoms. The van der Waals surface area contributed by atoms with Crippen LogP contribution in [0, 0.1) is 0 Å². The minimum atomic E-state index is -0.216. The van der Waals surface area contributed by atoms with Gasteiger partial charge in [-0.05, 0) is 19.8 Å². The number of carbonyl (C=O) groups excluding carboxylic acids is 1. The molecule has 0 radical (unpaired) electrons. The first-order valence-corrected chi connectivity index (χ1v) is 7.24. The molecule has 0 spiro atoms. The van der Waals surface area contributed by atoms with Crippen LogP contribution in [0.5, 0.6) is 0 Å². The van der Waals surface area contributed by atoms with Gasteiger partial charge in [0, 0.05) is 12.5 Å². The normalized spacial score (nSPS) is 17.9. The van der Waals surface area contributed by atoms with Gasteiger partial charge in [-0.1, -0.05) is 12.8 Å². The maximum atomic E-state index is 11.4. The molecule has 0 saturated heterocycles. The van der Waals surface area contributed by atoms with Crippen LogP contribution in [0.2, 0.25) is 0 Å². The Morgan fingerprint density at radius 2 is 2.22 bits per heavy atom. The molecule has 0 aromatic carbocycles. The molecule has 0 atom stereocenters.